The number of carbonyl (C=O) groups is 5. The van der Waals surface area contributed by atoms with Crippen molar-refractivity contribution < 1.29 is 28.7 Å². The Kier molecular flexibility index (Phi) is 11.1. The second-order valence-corrected chi connectivity index (χ2v) is 15.2. The van der Waals surface area contributed by atoms with Crippen molar-refractivity contribution >= 4 is 29.6 Å². The number of Topliss-reactive ketones (excluding diaryl/α,β-unsaturated/α-hetero) is 1. The van der Waals surface area contributed by atoms with Crippen molar-refractivity contribution in [2.24, 2.45) is 35.3 Å². The van der Waals surface area contributed by atoms with Gasteiger partial charge in [-0.05, 0) is 100 Å². The van der Waals surface area contributed by atoms with Gasteiger partial charge in [0, 0.05) is 6.54 Å². The summed E-state index contributed by atoms with van der Waals surface area (Å²) in [6.45, 7) is 4.66. The van der Waals surface area contributed by atoms with Gasteiger partial charge in [-0.1, -0.05) is 58.8 Å². The Morgan fingerprint density at radius 2 is 1.42 bits per heavy atom. The number of ketones is 1. The molecule has 1 aliphatic heterocycles. The SMILES string of the molecule is CCC.NC(=O)C(=O)C(CC1CCC1)NC(=O)[C@@H]1CCCN1C(=O)[C@@H](NC(=O)OC12CC3CC(CC(C3)C1)C2)C1CCCCC1. The molecule has 45 heavy (non-hydrogen) atoms. The molecule has 0 radical (unpaired) electrons. The number of ether oxygens (including phenoxy) is 1. The second kappa shape index (κ2) is 14.8. The summed E-state index contributed by atoms with van der Waals surface area (Å²) < 4.78 is 6.23. The lowest BCUT2D eigenvalue weighted by Crippen LogP contribution is -2.59. The minimum atomic E-state index is -1.06. The monoisotopic (exact) mass is 628 g/mol. The number of amides is 4. The Labute approximate surface area is 268 Å². The summed E-state index contributed by atoms with van der Waals surface area (Å²) in [5, 5.41) is 5.79. The van der Waals surface area contributed by atoms with E-state index in [0.29, 0.717) is 43.6 Å². The lowest BCUT2D eigenvalue weighted by Gasteiger charge is -2.55. The van der Waals surface area contributed by atoms with Crippen LogP contribution in [0.4, 0.5) is 4.79 Å². The number of likely N-dealkylation sites (tertiary alicyclic amines) is 1. The van der Waals surface area contributed by atoms with Gasteiger partial charge in [0.15, 0.2) is 0 Å². The maximum absolute atomic E-state index is 14.2. The summed E-state index contributed by atoms with van der Waals surface area (Å²) in [6.07, 6.45) is 16.6. The van der Waals surface area contributed by atoms with Gasteiger partial charge in [-0.2, -0.15) is 0 Å². The van der Waals surface area contributed by atoms with Crippen molar-refractivity contribution in [1.82, 2.24) is 15.5 Å². The molecule has 0 aromatic heterocycles. The number of nitrogens with one attached hydrogen (secondary N) is 2. The molecular weight excluding hydrogens is 572 g/mol. The van der Waals surface area contributed by atoms with Gasteiger partial charge in [-0.15, -0.1) is 0 Å². The third-order valence-corrected chi connectivity index (χ3v) is 11.5. The molecule has 3 atom stereocenters. The lowest BCUT2D eigenvalue weighted by molar-refractivity contribution is -0.144. The number of hydrogen-bond donors (Lipinski definition) is 3. The van der Waals surface area contributed by atoms with Gasteiger partial charge in [0.25, 0.3) is 5.91 Å². The zero-order valence-electron chi connectivity index (χ0n) is 27.5. The zero-order valence-corrected chi connectivity index (χ0v) is 27.5. The van der Waals surface area contributed by atoms with Crippen LogP contribution in [0.2, 0.25) is 0 Å². The number of hydrogen-bond acceptors (Lipinski definition) is 6. The zero-order chi connectivity index (χ0) is 32.1. The van der Waals surface area contributed by atoms with Crippen molar-refractivity contribution in [2.75, 3.05) is 6.54 Å². The van der Waals surface area contributed by atoms with E-state index in [-0.39, 0.29) is 17.7 Å². The first-order chi connectivity index (χ1) is 21.6. The number of carbonyl (C=O) groups excluding carboxylic acids is 5. The topological polar surface area (TPSA) is 148 Å². The van der Waals surface area contributed by atoms with E-state index in [4.69, 9.17) is 10.5 Å². The summed E-state index contributed by atoms with van der Waals surface area (Å²) in [5.41, 5.74) is 4.89. The van der Waals surface area contributed by atoms with Gasteiger partial charge in [0.1, 0.15) is 17.7 Å². The Hall–Kier alpha value is -2.65. The molecule has 0 aromatic carbocycles. The molecule has 10 nitrogen and oxygen atoms in total. The van der Waals surface area contributed by atoms with Crippen LogP contribution in [0.1, 0.15) is 129 Å². The van der Waals surface area contributed by atoms with Crippen LogP contribution in [-0.4, -0.2) is 64.8 Å². The molecule has 7 rings (SSSR count). The van der Waals surface area contributed by atoms with E-state index in [2.05, 4.69) is 24.5 Å². The van der Waals surface area contributed by atoms with Crippen molar-refractivity contribution in [3.05, 3.63) is 0 Å². The first-order valence-corrected chi connectivity index (χ1v) is 18.0. The van der Waals surface area contributed by atoms with E-state index in [9.17, 15) is 24.0 Å². The summed E-state index contributed by atoms with van der Waals surface area (Å²) in [6, 6.07) is -2.48. The average Bonchev–Trinajstić information content (AvgIpc) is 3.46. The second-order valence-electron chi connectivity index (χ2n) is 15.2. The quantitative estimate of drug-likeness (QED) is 0.297. The van der Waals surface area contributed by atoms with Gasteiger partial charge in [-0.3, -0.25) is 19.2 Å². The maximum atomic E-state index is 14.2. The molecule has 252 valence electrons. The Balaban J connectivity index is 0.00000128. The minimum Gasteiger partial charge on any atom is -0.443 e. The Morgan fingerprint density at radius 3 is 1.96 bits per heavy atom. The maximum Gasteiger partial charge on any atom is 0.408 e. The molecular formula is C35H56N4O6. The highest BCUT2D eigenvalue weighted by Crippen LogP contribution is 2.57. The van der Waals surface area contributed by atoms with E-state index >= 15 is 0 Å². The van der Waals surface area contributed by atoms with Crippen LogP contribution in [-0.2, 0) is 23.9 Å². The molecule has 0 aromatic rings. The Morgan fingerprint density at radius 1 is 0.822 bits per heavy atom. The number of alkyl carbamates (subject to hydrolysis) is 1. The molecule has 10 heteroatoms. The van der Waals surface area contributed by atoms with Crippen LogP contribution in [0.15, 0.2) is 0 Å². The van der Waals surface area contributed by atoms with Crippen molar-refractivity contribution in [2.45, 2.75) is 153 Å². The largest absolute Gasteiger partial charge is 0.443 e. The summed E-state index contributed by atoms with van der Waals surface area (Å²) in [4.78, 5) is 67.0. The van der Waals surface area contributed by atoms with Gasteiger partial charge in [0.2, 0.25) is 17.6 Å². The summed E-state index contributed by atoms with van der Waals surface area (Å²) >= 11 is 0. The van der Waals surface area contributed by atoms with E-state index in [1.54, 1.807) is 4.90 Å². The average molecular weight is 629 g/mol. The first kappa shape index (κ1) is 33.7. The van der Waals surface area contributed by atoms with Crippen molar-refractivity contribution in [3.8, 4) is 0 Å². The van der Waals surface area contributed by atoms with Crippen molar-refractivity contribution in [1.29, 1.82) is 0 Å². The fourth-order valence-corrected chi connectivity index (χ4v) is 9.57. The summed E-state index contributed by atoms with van der Waals surface area (Å²) in [7, 11) is 0. The highest BCUT2D eigenvalue weighted by Gasteiger charge is 2.53. The van der Waals surface area contributed by atoms with E-state index in [1.165, 1.54) is 25.7 Å². The van der Waals surface area contributed by atoms with Crippen LogP contribution in [0, 0.1) is 29.6 Å². The van der Waals surface area contributed by atoms with Crippen LogP contribution in [0.25, 0.3) is 0 Å². The molecule has 6 saturated carbocycles. The molecule has 7 fully saturated rings. The van der Waals surface area contributed by atoms with E-state index < -0.39 is 47.4 Å². The van der Waals surface area contributed by atoms with Gasteiger partial charge >= 0.3 is 6.09 Å². The van der Waals surface area contributed by atoms with Gasteiger partial charge in [-0.25, -0.2) is 4.79 Å². The molecule has 4 amide bonds. The fraction of sp³-hybridized carbons (Fsp3) is 0.857. The van der Waals surface area contributed by atoms with Crippen LogP contribution >= 0.6 is 0 Å². The predicted molar refractivity (Wildman–Crippen MR) is 170 cm³/mol. The first-order valence-electron chi connectivity index (χ1n) is 18.0. The van der Waals surface area contributed by atoms with Crippen LogP contribution in [0.3, 0.4) is 0 Å². The minimum absolute atomic E-state index is 0.0118. The number of primary amides is 1. The lowest BCUT2D eigenvalue weighted by atomic mass is 9.54. The fourth-order valence-electron chi connectivity index (χ4n) is 9.57. The number of nitrogens with two attached hydrogens (primary N) is 1. The number of nitrogens with zero attached hydrogens (tertiary/aromatic N) is 1. The predicted octanol–water partition coefficient (Wildman–Crippen LogP) is 4.77. The molecule has 1 heterocycles. The molecule has 1 saturated heterocycles. The summed E-state index contributed by atoms with van der Waals surface area (Å²) in [5.74, 6) is -0.354. The highest BCUT2D eigenvalue weighted by atomic mass is 16.6. The van der Waals surface area contributed by atoms with E-state index in [1.807, 2.05) is 0 Å². The smallest absolute Gasteiger partial charge is 0.408 e. The Bertz CT molecular complexity index is 1060. The molecule has 7 aliphatic rings. The van der Waals surface area contributed by atoms with E-state index in [0.717, 1.165) is 70.6 Å². The molecule has 4 bridgehead atoms. The normalized spacial score (nSPS) is 32.0. The molecule has 0 spiro atoms. The number of rotatable bonds is 10. The standard InChI is InChI=1S/C32H48N4O6.C3H8/c33-28(38)27(37)24(15-19-6-4-7-19)34-29(39)25-10-5-11-36(25)30(40)26(23-8-2-1-3-9-23)35-31(41)42-32-16-20-12-21(17-32)14-22(13-20)18-32;1-3-2/h19-26H,1-18H2,(H2,33,38)(H,34,39)(H,35,41);3H2,1-2H3/t20?,21?,22?,24?,25-,26-,32?;/m0./s1. The molecule has 1 unspecified atom stereocenters. The molecule has 6 aliphatic carbocycles. The van der Waals surface area contributed by atoms with Crippen LogP contribution in [0.5, 0.6) is 0 Å². The molecule has 4 N–H and O–H groups in total. The third-order valence-electron chi connectivity index (χ3n) is 11.5. The third kappa shape index (κ3) is 8.02. The van der Waals surface area contributed by atoms with Crippen LogP contribution < -0.4 is 16.4 Å². The van der Waals surface area contributed by atoms with Gasteiger partial charge < -0.3 is 26.0 Å². The highest BCUT2D eigenvalue weighted by molar-refractivity contribution is 6.37. The van der Waals surface area contributed by atoms with Crippen molar-refractivity contribution in [3.63, 3.8) is 0 Å². The van der Waals surface area contributed by atoms with Gasteiger partial charge in [0.05, 0.1) is 6.04 Å².